The minimum atomic E-state index is 0.0169. The molecule has 0 spiro atoms. The van der Waals surface area contributed by atoms with E-state index in [1.165, 1.54) is 0 Å². The standard InChI is InChI=1S/C26H29BrN6O2/c1-16(15-35-2)30-26(34)19-6-3-5-17(11-19)12-23-29-14-21-24(27)32-33(25(21)31-23)20-8-9-22-18(13-20)7-4-10-28-22/h4,7-10,13-14,16-17,19H,3,5-6,11-12,15H2,1-2H3,(H,30,34)/t16-,17+,19+/m0/s1. The SMILES string of the molecule is COC[C@H](C)NC(=O)[C@@H]1CCC[C@@H](Cc2ncc3c(Br)nn(-c4ccc5ncccc5c4)c3n2)C1. The van der Waals surface area contributed by atoms with Crippen LogP contribution in [0.15, 0.2) is 47.3 Å². The fourth-order valence-corrected chi connectivity index (χ4v) is 5.44. The topological polar surface area (TPSA) is 94.8 Å². The molecule has 182 valence electrons. The van der Waals surface area contributed by atoms with Crippen molar-refractivity contribution < 1.29 is 9.53 Å². The quantitative estimate of drug-likeness (QED) is 0.370. The van der Waals surface area contributed by atoms with Gasteiger partial charge in [-0.3, -0.25) is 9.78 Å². The first-order valence-electron chi connectivity index (χ1n) is 12.1. The summed E-state index contributed by atoms with van der Waals surface area (Å²) in [6.07, 6.45) is 8.29. The maximum absolute atomic E-state index is 12.7. The third-order valence-corrected chi connectivity index (χ3v) is 7.28. The second kappa shape index (κ2) is 10.4. The molecule has 0 unspecified atom stereocenters. The molecule has 9 heteroatoms. The summed E-state index contributed by atoms with van der Waals surface area (Å²) >= 11 is 3.56. The molecule has 1 saturated carbocycles. The molecule has 1 aromatic carbocycles. The van der Waals surface area contributed by atoms with Gasteiger partial charge in [-0.1, -0.05) is 12.5 Å². The largest absolute Gasteiger partial charge is 0.383 e. The van der Waals surface area contributed by atoms with Crippen molar-refractivity contribution in [3.05, 3.63) is 53.2 Å². The molecule has 3 aromatic heterocycles. The molecule has 0 bridgehead atoms. The van der Waals surface area contributed by atoms with E-state index in [2.05, 4.69) is 42.4 Å². The maximum Gasteiger partial charge on any atom is 0.223 e. The Labute approximate surface area is 212 Å². The van der Waals surface area contributed by atoms with Gasteiger partial charge >= 0.3 is 0 Å². The van der Waals surface area contributed by atoms with Crippen LogP contribution in [0.5, 0.6) is 0 Å². The number of hydrogen-bond acceptors (Lipinski definition) is 6. The van der Waals surface area contributed by atoms with E-state index in [1.54, 1.807) is 13.3 Å². The summed E-state index contributed by atoms with van der Waals surface area (Å²) in [6, 6.07) is 10.1. The lowest BCUT2D eigenvalue weighted by Gasteiger charge is -2.29. The van der Waals surface area contributed by atoms with E-state index in [0.29, 0.717) is 17.1 Å². The van der Waals surface area contributed by atoms with Crippen molar-refractivity contribution in [2.75, 3.05) is 13.7 Å². The highest BCUT2D eigenvalue weighted by molar-refractivity contribution is 9.10. The first-order valence-corrected chi connectivity index (χ1v) is 12.9. The van der Waals surface area contributed by atoms with Gasteiger partial charge < -0.3 is 10.1 Å². The highest BCUT2D eigenvalue weighted by Crippen LogP contribution is 2.32. The van der Waals surface area contributed by atoms with Crippen molar-refractivity contribution in [1.82, 2.24) is 30.0 Å². The van der Waals surface area contributed by atoms with Gasteiger partial charge in [-0.2, -0.15) is 5.10 Å². The van der Waals surface area contributed by atoms with Gasteiger partial charge in [0.2, 0.25) is 5.91 Å². The zero-order chi connectivity index (χ0) is 24.4. The number of carbonyl (C=O) groups excluding carboxylic acids is 1. The summed E-state index contributed by atoms with van der Waals surface area (Å²) in [5.74, 6) is 1.32. The van der Waals surface area contributed by atoms with Crippen LogP contribution in [0.25, 0.3) is 27.6 Å². The van der Waals surface area contributed by atoms with Crippen LogP contribution in [0.2, 0.25) is 0 Å². The van der Waals surface area contributed by atoms with Gasteiger partial charge in [-0.15, -0.1) is 0 Å². The van der Waals surface area contributed by atoms with E-state index >= 15 is 0 Å². The Bertz CT molecular complexity index is 1360. The summed E-state index contributed by atoms with van der Waals surface area (Å²) < 4.78 is 7.71. The van der Waals surface area contributed by atoms with E-state index in [1.807, 2.05) is 42.1 Å². The fourth-order valence-electron chi connectivity index (χ4n) is 5.00. The average molecular weight is 537 g/mol. The number of halogens is 1. The molecule has 0 aliphatic heterocycles. The second-order valence-electron chi connectivity index (χ2n) is 9.41. The van der Waals surface area contributed by atoms with Crippen LogP contribution >= 0.6 is 15.9 Å². The summed E-state index contributed by atoms with van der Waals surface area (Å²) in [4.78, 5) is 26.7. The molecule has 1 fully saturated rings. The Kier molecular flexibility index (Phi) is 7.06. The third kappa shape index (κ3) is 5.21. The molecular formula is C26H29BrN6O2. The van der Waals surface area contributed by atoms with Crippen LogP contribution < -0.4 is 5.32 Å². The Morgan fingerprint density at radius 3 is 3.03 bits per heavy atom. The van der Waals surface area contributed by atoms with Gasteiger partial charge in [0.25, 0.3) is 0 Å². The average Bonchev–Trinajstić information content (AvgIpc) is 3.19. The molecule has 0 radical (unpaired) electrons. The first-order chi connectivity index (χ1) is 17.0. The molecule has 0 saturated heterocycles. The number of fused-ring (bicyclic) bond motifs is 2. The van der Waals surface area contributed by atoms with Gasteiger partial charge in [-0.25, -0.2) is 14.6 Å². The number of nitrogens with one attached hydrogen (secondary N) is 1. The molecule has 8 nitrogen and oxygen atoms in total. The van der Waals surface area contributed by atoms with Crippen molar-refractivity contribution in [3.63, 3.8) is 0 Å². The molecule has 3 atom stereocenters. The van der Waals surface area contributed by atoms with E-state index in [4.69, 9.17) is 9.72 Å². The molecule has 3 heterocycles. The summed E-state index contributed by atoms with van der Waals surface area (Å²) in [6.45, 7) is 2.49. The zero-order valence-corrected chi connectivity index (χ0v) is 21.5. The molecule has 4 aromatic rings. The molecule has 1 amide bonds. The summed E-state index contributed by atoms with van der Waals surface area (Å²) in [5.41, 5.74) is 2.63. The highest BCUT2D eigenvalue weighted by Gasteiger charge is 2.28. The number of benzene rings is 1. The normalized spacial score (nSPS) is 19.2. The smallest absolute Gasteiger partial charge is 0.223 e. The lowest BCUT2D eigenvalue weighted by atomic mass is 9.79. The van der Waals surface area contributed by atoms with Crippen LogP contribution in [-0.2, 0) is 16.0 Å². The number of nitrogens with zero attached hydrogens (tertiary/aromatic N) is 5. The Hall–Kier alpha value is -2.91. The number of pyridine rings is 1. The van der Waals surface area contributed by atoms with E-state index in [-0.39, 0.29) is 17.9 Å². The van der Waals surface area contributed by atoms with Crippen LogP contribution in [-0.4, -0.2) is 50.4 Å². The number of methoxy groups -OCH3 is 1. The Balaban J connectivity index is 1.36. The Morgan fingerprint density at radius 1 is 1.29 bits per heavy atom. The van der Waals surface area contributed by atoms with E-state index in [9.17, 15) is 4.79 Å². The Morgan fingerprint density at radius 2 is 2.17 bits per heavy atom. The van der Waals surface area contributed by atoms with Crippen molar-refractivity contribution in [2.24, 2.45) is 11.8 Å². The maximum atomic E-state index is 12.7. The molecule has 1 N–H and O–H groups in total. The van der Waals surface area contributed by atoms with Crippen molar-refractivity contribution in [1.29, 1.82) is 0 Å². The monoisotopic (exact) mass is 536 g/mol. The van der Waals surface area contributed by atoms with Gasteiger partial charge in [0, 0.05) is 43.3 Å². The summed E-state index contributed by atoms with van der Waals surface area (Å²) in [7, 11) is 1.65. The van der Waals surface area contributed by atoms with Crippen LogP contribution in [0.4, 0.5) is 0 Å². The lowest BCUT2D eigenvalue weighted by Crippen LogP contribution is -2.41. The molecule has 35 heavy (non-hydrogen) atoms. The van der Waals surface area contributed by atoms with Crippen molar-refractivity contribution in [2.45, 2.75) is 45.1 Å². The molecule has 1 aliphatic rings. The number of aromatic nitrogens is 5. The number of hydrogen-bond donors (Lipinski definition) is 1. The zero-order valence-electron chi connectivity index (χ0n) is 19.9. The second-order valence-corrected chi connectivity index (χ2v) is 10.2. The van der Waals surface area contributed by atoms with Crippen LogP contribution in [0.1, 0.15) is 38.4 Å². The van der Waals surface area contributed by atoms with E-state index < -0.39 is 0 Å². The van der Waals surface area contributed by atoms with Crippen LogP contribution in [0, 0.1) is 11.8 Å². The van der Waals surface area contributed by atoms with Gasteiger partial charge in [0.05, 0.1) is 23.2 Å². The lowest BCUT2D eigenvalue weighted by molar-refractivity contribution is -0.127. The third-order valence-electron chi connectivity index (χ3n) is 6.69. The minimum absolute atomic E-state index is 0.0169. The number of ether oxygens (including phenoxy) is 1. The molecule has 1 aliphatic carbocycles. The number of amides is 1. The van der Waals surface area contributed by atoms with Crippen molar-refractivity contribution >= 4 is 43.8 Å². The number of carbonyl (C=O) groups is 1. The summed E-state index contributed by atoms with van der Waals surface area (Å²) in [5, 5.41) is 9.68. The minimum Gasteiger partial charge on any atom is -0.383 e. The molecular weight excluding hydrogens is 508 g/mol. The van der Waals surface area contributed by atoms with E-state index in [0.717, 1.165) is 65.6 Å². The van der Waals surface area contributed by atoms with Crippen LogP contribution in [0.3, 0.4) is 0 Å². The van der Waals surface area contributed by atoms with Gasteiger partial charge in [-0.05, 0) is 72.3 Å². The predicted octanol–water partition coefficient (Wildman–Crippen LogP) is 4.63. The van der Waals surface area contributed by atoms with Gasteiger partial charge in [0.1, 0.15) is 10.4 Å². The molecule has 5 rings (SSSR count). The predicted molar refractivity (Wildman–Crippen MR) is 138 cm³/mol. The van der Waals surface area contributed by atoms with Crippen molar-refractivity contribution in [3.8, 4) is 5.69 Å². The number of rotatable bonds is 7. The fraction of sp³-hybridized carbons (Fsp3) is 0.423. The van der Waals surface area contributed by atoms with Gasteiger partial charge in [0.15, 0.2) is 5.65 Å². The first kappa shape index (κ1) is 23.8. The highest BCUT2D eigenvalue weighted by atomic mass is 79.9.